The van der Waals surface area contributed by atoms with Crippen molar-refractivity contribution in [3.8, 4) is 0 Å². The summed E-state index contributed by atoms with van der Waals surface area (Å²) in [6.07, 6.45) is 0.610. The second-order valence-electron chi connectivity index (χ2n) is 6.73. The lowest BCUT2D eigenvalue weighted by atomic mass is 10.0. The van der Waals surface area contributed by atoms with Gasteiger partial charge >= 0.3 is 0 Å². The van der Waals surface area contributed by atoms with Crippen molar-refractivity contribution >= 4 is 29.1 Å². The zero-order valence-corrected chi connectivity index (χ0v) is 15.1. The molecule has 1 unspecified atom stereocenters. The van der Waals surface area contributed by atoms with Gasteiger partial charge in [0.15, 0.2) is 0 Å². The van der Waals surface area contributed by atoms with Crippen molar-refractivity contribution in [2.24, 2.45) is 5.92 Å². The first-order chi connectivity index (χ1) is 12.0. The molecule has 1 aliphatic rings. The van der Waals surface area contributed by atoms with Crippen LogP contribution in [0.1, 0.15) is 36.2 Å². The molecule has 0 fully saturated rings. The van der Waals surface area contributed by atoms with Crippen LogP contribution in [-0.2, 0) is 11.3 Å². The van der Waals surface area contributed by atoms with Crippen LogP contribution in [-0.4, -0.2) is 22.8 Å². The second kappa shape index (κ2) is 7.28. The molecule has 0 aromatic heterocycles. The standard InChI is InChI=1S/C20H21ClN2O2/c1-13(2)11-18(19(24)22-16-9-7-15(21)8-10-16)23-12-14-5-3-4-6-17(14)20(23)25/h3-10,13,18H,11-12H2,1-2H3,(H,22,24). The van der Waals surface area contributed by atoms with Crippen LogP contribution in [0.15, 0.2) is 48.5 Å². The summed E-state index contributed by atoms with van der Waals surface area (Å²) in [5, 5.41) is 3.52. The third-order valence-corrected chi connectivity index (χ3v) is 4.59. The Morgan fingerprint density at radius 1 is 1.16 bits per heavy atom. The third kappa shape index (κ3) is 3.85. The van der Waals surface area contributed by atoms with Gasteiger partial charge in [0.2, 0.25) is 5.91 Å². The van der Waals surface area contributed by atoms with E-state index in [0.717, 1.165) is 5.56 Å². The zero-order valence-electron chi connectivity index (χ0n) is 14.3. The number of amides is 2. The number of fused-ring (bicyclic) bond motifs is 1. The lowest BCUT2D eigenvalue weighted by Gasteiger charge is -2.28. The molecule has 1 N–H and O–H groups in total. The Bertz CT molecular complexity index is 787. The second-order valence-corrected chi connectivity index (χ2v) is 7.17. The number of hydrogen-bond acceptors (Lipinski definition) is 2. The van der Waals surface area contributed by atoms with Gasteiger partial charge in [0, 0.05) is 22.8 Å². The Morgan fingerprint density at radius 2 is 1.84 bits per heavy atom. The van der Waals surface area contributed by atoms with Crippen LogP contribution in [0.3, 0.4) is 0 Å². The monoisotopic (exact) mass is 356 g/mol. The van der Waals surface area contributed by atoms with Crippen LogP contribution in [0.2, 0.25) is 5.02 Å². The van der Waals surface area contributed by atoms with Crippen molar-refractivity contribution in [3.63, 3.8) is 0 Å². The number of rotatable bonds is 5. The highest BCUT2D eigenvalue weighted by Gasteiger charge is 2.36. The van der Waals surface area contributed by atoms with Crippen molar-refractivity contribution in [1.82, 2.24) is 4.90 Å². The first-order valence-electron chi connectivity index (χ1n) is 8.41. The smallest absolute Gasteiger partial charge is 0.255 e. The molecule has 0 aliphatic carbocycles. The highest BCUT2D eigenvalue weighted by Crippen LogP contribution is 2.27. The molecule has 0 saturated carbocycles. The van der Waals surface area contributed by atoms with Crippen molar-refractivity contribution in [2.45, 2.75) is 32.9 Å². The normalized spacial score (nSPS) is 14.6. The Labute approximate surface area is 152 Å². The molecule has 0 radical (unpaired) electrons. The van der Waals surface area contributed by atoms with Gasteiger partial charge in [0.05, 0.1) is 0 Å². The van der Waals surface area contributed by atoms with Gasteiger partial charge in [-0.3, -0.25) is 9.59 Å². The molecular weight excluding hydrogens is 336 g/mol. The fraction of sp³-hybridized carbons (Fsp3) is 0.300. The highest BCUT2D eigenvalue weighted by molar-refractivity contribution is 6.30. The van der Waals surface area contributed by atoms with E-state index in [1.165, 1.54) is 0 Å². The molecule has 0 spiro atoms. The number of hydrogen-bond donors (Lipinski definition) is 1. The van der Waals surface area contributed by atoms with Gasteiger partial charge < -0.3 is 10.2 Å². The summed E-state index contributed by atoms with van der Waals surface area (Å²) in [5.74, 6) is 0.0437. The fourth-order valence-corrected chi connectivity index (χ4v) is 3.24. The predicted octanol–water partition coefficient (Wildman–Crippen LogP) is 4.35. The lowest BCUT2D eigenvalue weighted by Crippen LogP contribution is -2.45. The Balaban J connectivity index is 1.81. The van der Waals surface area contributed by atoms with Gasteiger partial charge in [-0.2, -0.15) is 0 Å². The Morgan fingerprint density at radius 3 is 2.48 bits per heavy atom. The number of carbonyl (C=O) groups excluding carboxylic acids is 2. The first-order valence-corrected chi connectivity index (χ1v) is 8.79. The lowest BCUT2D eigenvalue weighted by molar-refractivity contribution is -0.121. The molecule has 130 valence electrons. The molecule has 1 atom stereocenters. The van der Waals surface area contributed by atoms with E-state index in [9.17, 15) is 9.59 Å². The van der Waals surface area contributed by atoms with Crippen LogP contribution >= 0.6 is 11.6 Å². The first kappa shape index (κ1) is 17.5. The van der Waals surface area contributed by atoms with Crippen LogP contribution in [0.4, 0.5) is 5.69 Å². The molecular formula is C20H21ClN2O2. The maximum absolute atomic E-state index is 12.9. The molecule has 2 amide bonds. The predicted molar refractivity (Wildman–Crippen MR) is 99.6 cm³/mol. The highest BCUT2D eigenvalue weighted by atomic mass is 35.5. The molecule has 0 bridgehead atoms. The van der Waals surface area contributed by atoms with Crippen molar-refractivity contribution in [3.05, 3.63) is 64.7 Å². The minimum atomic E-state index is -0.504. The Kier molecular flexibility index (Phi) is 5.09. The van der Waals surface area contributed by atoms with Crippen molar-refractivity contribution < 1.29 is 9.59 Å². The van der Waals surface area contributed by atoms with Crippen molar-refractivity contribution in [1.29, 1.82) is 0 Å². The maximum atomic E-state index is 12.9. The molecule has 1 heterocycles. The van der Waals surface area contributed by atoms with Gasteiger partial charge in [-0.25, -0.2) is 0 Å². The zero-order chi connectivity index (χ0) is 18.0. The summed E-state index contributed by atoms with van der Waals surface area (Å²) in [4.78, 5) is 27.3. The van der Waals surface area contributed by atoms with Gasteiger partial charge in [-0.15, -0.1) is 0 Å². The van der Waals surface area contributed by atoms with E-state index in [1.54, 1.807) is 29.2 Å². The van der Waals surface area contributed by atoms with E-state index >= 15 is 0 Å². The maximum Gasteiger partial charge on any atom is 0.255 e. The van der Waals surface area contributed by atoms with Crippen LogP contribution in [0, 0.1) is 5.92 Å². The molecule has 2 aromatic rings. The topological polar surface area (TPSA) is 49.4 Å². The summed E-state index contributed by atoms with van der Waals surface area (Å²) in [5.41, 5.74) is 2.34. The minimum Gasteiger partial charge on any atom is -0.324 e. The Hall–Kier alpha value is -2.33. The van der Waals surface area contributed by atoms with Gasteiger partial charge in [0.1, 0.15) is 6.04 Å². The third-order valence-electron chi connectivity index (χ3n) is 4.33. The van der Waals surface area contributed by atoms with E-state index in [2.05, 4.69) is 19.2 Å². The summed E-state index contributed by atoms with van der Waals surface area (Å²) in [6.45, 7) is 4.58. The van der Waals surface area contributed by atoms with Crippen LogP contribution in [0.5, 0.6) is 0 Å². The minimum absolute atomic E-state index is 0.0764. The molecule has 1 aliphatic heterocycles. The van der Waals surface area contributed by atoms with Gasteiger partial charge in [-0.1, -0.05) is 43.6 Å². The van der Waals surface area contributed by atoms with Crippen LogP contribution in [0.25, 0.3) is 0 Å². The summed E-state index contributed by atoms with van der Waals surface area (Å²) in [7, 11) is 0. The average molecular weight is 357 g/mol. The van der Waals surface area contributed by atoms with E-state index in [1.807, 2.05) is 24.3 Å². The number of halogens is 1. The molecule has 0 saturated heterocycles. The molecule has 4 nitrogen and oxygen atoms in total. The average Bonchev–Trinajstić information content (AvgIpc) is 2.91. The number of nitrogens with one attached hydrogen (secondary N) is 1. The fourth-order valence-electron chi connectivity index (χ4n) is 3.11. The number of benzene rings is 2. The van der Waals surface area contributed by atoms with E-state index < -0.39 is 6.04 Å². The van der Waals surface area contributed by atoms with Crippen LogP contribution < -0.4 is 5.32 Å². The molecule has 2 aromatic carbocycles. The number of nitrogens with zero attached hydrogens (tertiary/aromatic N) is 1. The summed E-state index contributed by atoms with van der Waals surface area (Å²) in [6, 6.07) is 14.0. The molecule has 5 heteroatoms. The molecule has 3 rings (SSSR count). The van der Waals surface area contributed by atoms with Crippen molar-refractivity contribution in [2.75, 3.05) is 5.32 Å². The van der Waals surface area contributed by atoms with E-state index in [4.69, 9.17) is 11.6 Å². The summed E-state index contributed by atoms with van der Waals surface area (Å²) < 4.78 is 0. The molecule has 25 heavy (non-hydrogen) atoms. The van der Waals surface area contributed by atoms with Gasteiger partial charge in [0.25, 0.3) is 5.91 Å². The number of carbonyl (C=O) groups is 2. The van der Waals surface area contributed by atoms with E-state index in [-0.39, 0.29) is 17.7 Å². The quantitative estimate of drug-likeness (QED) is 0.865. The largest absolute Gasteiger partial charge is 0.324 e. The van der Waals surface area contributed by atoms with E-state index in [0.29, 0.717) is 29.2 Å². The summed E-state index contributed by atoms with van der Waals surface area (Å²) >= 11 is 5.89. The SMILES string of the molecule is CC(C)CC(C(=O)Nc1ccc(Cl)cc1)N1Cc2ccccc2C1=O. The number of anilines is 1. The van der Waals surface area contributed by atoms with Gasteiger partial charge in [-0.05, 0) is 48.2 Å².